The number of hydrogen-bond acceptors (Lipinski definition) is 2. The summed E-state index contributed by atoms with van der Waals surface area (Å²) in [6.45, 7) is 7.92. The molecule has 76 valence electrons. The Hall–Kier alpha value is -1.18. The average Bonchev–Trinajstić information content (AvgIpc) is 2.01. The van der Waals surface area contributed by atoms with Crippen LogP contribution < -0.4 is 0 Å². The van der Waals surface area contributed by atoms with E-state index in [2.05, 4.69) is 18.8 Å². The summed E-state index contributed by atoms with van der Waals surface area (Å²) in [6, 6.07) is 3.77. The Morgan fingerprint density at radius 3 is 2.50 bits per heavy atom. The molecular weight excluding hydrogens is 174 g/mol. The van der Waals surface area contributed by atoms with Gasteiger partial charge in [-0.3, -0.25) is 9.78 Å². The summed E-state index contributed by atoms with van der Waals surface area (Å²) in [6.07, 6.45) is 0.603. The fraction of sp³-hybridized carbons (Fsp3) is 0.500. The van der Waals surface area contributed by atoms with Crippen molar-refractivity contribution in [2.75, 3.05) is 0 Å². The van der Waals surface area contributed by atoms with Crippen LogP contribution in [-0.4, -0.2) is 10.8 Å². The van der Waals surface area contributed by atoms with Gasteiger partial charge in [-0.1, -0.05) is 13.8 Å². The summed E-state index contributed by atoms with van der Waals surface area (Å²) in [4.78, 5) is 16.0. The molecule has 1 aromatic rings. The molecule has 0 atom stereocenters. The molecule has 0 saturated carbocycles. The van der Waals surface area contributed by atoms with Gasteiger partial charge in [-0.15, -0.1) is 0 Å². The van der Waals surface area contributed by atoms with Crippen LogP contribution in [-0.2, 0) is 0 Å². The summed E-state index contributed by atoms with van der Waals surface area (Å²) in [7, 11) is 0. The first-order valence-electron chi connectivity index (χ1n) is 4.98. The second-order valence-electron chi connectivity index (χ2n) is 4.11. The molecule has 0 N–H and O–H groups in total. The molecule has 0 radical (unpaired) electrons. The van der Waals surface area contributed by atoms with Crippen LogP contribution in [0.25, 0.3) is 0 Å². The Morgan fingerprint density at radius 2 is 2.00 bits per heavy atom. The molecule has 0 amide bonds. The van der Waals surface area contributed by atoms with Crippen molar-refractivity contribution in [2.45, 2.75) is 34.1 Å². The Labute approximate surface area is 85.4 Å². The predicted octanol–water partition coefficient (Wildman–Crippen LogP) is 2.93. The monoisotopic (exact) mass is 191 g/mol. The fourth-order valence-electron chi connectivity index (χ4n) is 1.46. The van der Waals surface area contributed by atoms with Gasteiger partial charge in [0.1, 0.15) is 0 Å². The number of carbonyl (C=O) groups excluding carboxylic acids is 1. The number of pyridine rings is 1. The standard InChI is InChI=1S/C12H17NO/c1-8(2)7-12(14)11-6-5-9(3)13-10(11)4/h5-6,8H,7H2,1-4H3. The van der Waals surface area contributed by atoms with Crippen LogP contribution in [0.4, 0.5) is 0 Å². The van der Waals surface area contributed by atoms with Crippen molar-refractivity contribution in [3.63, 3.8) is 0 Å². The maximum absolute atomic E-state index is 11.7. The van der Waals surface area contributed by atoms with Crippen molar-refractivity contribution in [2.24, 2.45) is 5.92 Å². The van der Waals surface area contributed by atoms with E-state index in [1.54, 1.807) is 0 Å². The lowest BCUT2D eigenvalue weighted by molar-refractivity contribution is 0.0967. The molecular formula is C12H17NO. The van der Waals surface area contributed by atoms with Gasteiger partial charge in [-0.2, -0.15) is 0 Å². The van der Waals surface area contributed by atoms with Gasteiger partial charge in [0.05, 0.1) is 0 Å². The van der Waals surface area contributed by atoms with Crippen molar-refractivity contribution >= 4 is 5.78 Å². The molecule has 0 bridgehead atoms. The van der Waals surface area contributed by atoms with Gasteiger partial charge in [0.15, 0.2) is 5.78 Å². The maximum Gasteiger partial charge on any atom is 0.164 e. The van der Waals surface area contributed by atoms with Crippen LogP contribution in [0.5, 0.6) is 0 Å². The molecule has 0 spiro atoms. The molecule has 0 aliphatic heterocycles. The highest BCUT2D eigenvalue weighted by Crippen LogP contribution is 2.12. The molecule has 2 heteroatoms. The van der Waals surface area contributed by atoms with Crippen molar-refractivity contribution in [3.8, 4) is 0 Å². The zero-order valence-electron chi connectivity index (χ0n) is 9.29. The van der Waals surface area contributed by atoms with Gasteiger partial charge in [0.2, 0.25) is 0 Å². The molecule has 14 heavy (non-hydrogen) atoms. The van der Waals surface area contributed by atoms with E-state index in [-0.39, 0.29) is 5.78 Å². The summed E-state index contributed by atoms with van der Waals surface area (Å²) < 4.78 is 0. The van der Waals surface area contributed by atoms with Crippen LogP contribution >= 0.6 is 0 Å². The van der Waals surface area contributed by atoms with Crippen molar-refractivity contribution in [1.29, 1.82) is 0 Å². The smallest absolute Gasteiger partial charge is 0.164 e. The number of rotatable bonds is 3. The highest BCUT2D eigenvalue weighted by Gasteiger charge is 2.11. The number of hydrogen-bond donors (Lipinski definition) is 0. The van der Waals surface area contributed by atoms with Gasteiger partial charge in [-0.05, 0) is 31.9 Å². The van der Waals surface area contributed by atoms with Gasteiger partial charge < -0.3 is 0 Å². The van der Waals surface area contributed by atoms with E-state index in [0.29, 0.717) is 12.3 Å². The number of nitrogens with zero attached hydrogens (tertiary/aromatic N) is 1. The molecule has 2 nitrogen and oxygen atoms in total. The summed E-state index contributed by atoms with van der Waals surface area (Å²) >= 11 is 0. The topological polar surface area (TPSA) is 30.0 Å². The quantitative estimate of drug-likeness (QED) is 0.687. The summed E-state index contributed by atoms with van der Waals surface area (Å²) in [5, 5.41) is 0. The van der Waals surface area contributed by atoms with Gasteiger partial charge >= 0.3 is 0 Å². The number of aromatic nitrogens is 1. The minimum absolute atomic E-state index is 0.199. The summed E-state index contributed by atoms with van der Waals surface area (Å²) in [5.41, 5.74) is 2.57. The van der Waals surface area contributed by atoms with Crippen molar-refractivity contribution in [1.82, 2.24) is 4.98 Å². The van der Waals surface area contributed by atoms with Crippen LogP contribution in [0.3, 0.4) is 0 Å². The maximum atomic E-state index is 11.7. The van der Waals surface area contributed by atoms with E-state index in [4.69, 9.17) is 0 Å². The minimum Gasteiger partial charge on any atom is -0.294 e. The van der Waals surface area contributed by atoms with E-state index in [1.165, 1.54) is 0 Å². The number of ketones is 1. The average molecular weight is 191 g/mol. The molecule has 0 unspecified atom stereocenters. The largest absolute Gasteiger partial charge is 0.294 e. The second-order valence-corrected chi connectivity index (χ2v) is 4.11. The lowest BCUT2D eigenvalue weighted by Crippen LogP contribution is -2.07. The molecule has 1 aromatic heterocycles. The van der Waals surface area contributed by atoms with E-state index in [9.17, 15) is 4.79 Å². The van der Waals surface area contributed by atoms with Gasteiger partial charge in [0.25, 0.3) is 0 Å². The third-order valence-corrected chi connectivity index (χ3v) is 2.12. The molecule has 1 heterocycles. The Kier molecular flexibility index (Phi) is 3.39. The van der Waals surface area contributed by atoms with E-state index in [1.807, 2.05) is 26.0 Å². The number of carbonyl (C=O) groups is 1. The lowest BCUT2D eigenvalue weighted by atomic mass is 10.0. The normalized spacial score (nSPS) is 10.6. The third kappa shape index (κ3) is 2.66. The third-order valence-electron chi connectivity index (χ3n) is 2.12. The SMILES string of the molecule is Cc1ccc(C(=O)CC(C)C)c(C)n1. The highest BCUT2D eigenvalue weighted by molar-refractivity contribution is 5.97. The first-order chi connectivity index (χ1) is 6.50. The molecule has 0 aliphatic rings. The van der Waals surface area contributed by atoms with Crippen molar-refractivity contribution < 1.29 is 4.79 Å². The van der Waals surface area contributed by atoms with Crippen molar-refractivity contribution in [3.05, 3.63) is 29.1 Å². The Morgan fingerprint density at radius 1 is 1.36 bits per heavy atom. The van der Waals surface area contributed by atoms with Gasteiger partial charge in [0, 0.05) is 23.4 Å². The van der Waals surface area contributed by atoms with E-state index >= 15 is 0 Å². The van der Waals surface area contributed by atoms with Crippen LogP contribution in [0, 0.1) is 19.8 Å². The zero-order chi connectivity index (χ0) is 10.7. The second kappa shape index (κ2) is 4.36. The Balaban J connectivity index is 2.90. The molecule has 1 rings (SSSR count). The van der Waals surface area contributed by atoms with E-state index in [0.717, 1.165) is 17.0 Å². The fourth-order valence-corrected chi connectivity index (χ4v) is 1.46. The van der Waals surface area contributed by atoms with Crippen LogP contribution in [0.1, 0.15) is 42.0 Å². The molecule has 0 aliphatic carbocycles. The predicted molar refractivity (Wildman–Crippen MR) is 57.5 cm³/mol. The molecule has 0 fully saturated rings. The lowest BCUT2D eigenvalue weighted by Gasteiger charge is -2.06. The van der Waals surface area contributed by atoms with Crippen LogP contribution in [0.2, 0.25) is 0 Å². The zero-order valence-corrected chi connectivity index (χ0v) is 9.29. The first-order valence-corrected chi connectivity index (χ1v) is 4.98. The molecule has 0 aromatic carbocycles. The van der Waals surface area contributed by atoms with Gasteiger partial charge in [-0.25, -0.2) is 0 Å². The molecule has 0 saturated heterocycles. The number of aryl methyl sites for hydroxylation is 2. The summed E-state index contributed by atoms with van der Waals surface area (Å²) in [5.74, 6) is 0.605. The highest BCUT2D eigenvalue weighted by atomic mass is 16.1. The van der Waals surface area contributed by atoms with E-state index < -0.39 is 0 Å². The van der Waals surface area contributed by atoms with Crippen LogP contribution in [0.15, 0.2) is 12.1 Å². The number of Topliss-reactive ketones (excluding diaryl/α,β-unsaturated/α-hetero) is 1. The minimum atomic E-state index is 0.199. The Bertz CT molecular complexity index is 342. The first kappa shape index (κ1) is 10.9.